The fourth-order valence-corrected chi connectivity index (χ4v) is 5.45. The first-order valence-electron chi connectivity index (χ1n) is 11.3. The molecule has 1 saturated carbocycles. The number of carbonyl (C=O) groups is 1. The van der Waals surface area contributed by atoms with Gasteiger partial charge in [0.15, 0.2) is 15.5 Å². The van der Waals surface area contributed by atoms with E-state index in [1.165, 1.54) is 24.7 Å². The molecule has 3 heterocycles. The van der Waals surface area contributed by atoms with E-state index in [2.05, 4.69) is 15.1 Å². The lowest BCUT2D eigenvalue weighted by Crippen LogP contribution is -2.41. The quantitative estimate of drug-likeness (QED) is 0.564. The summed E-state index contributed by atoms with van der Waals surface area (Å²) in [5, 5.41) is 5.26. The van der Waals surface area contributed by atoms with E-state index in [1.807, 2.05) is 9.58 Å². The highest BCUT2D eigenvalue weighted by Gasteiger charge is 2.31. The van der Waals surface area contributed by atoms with Gasteiger partial charge in [0.1, 0.15) is 17.5 Å². The number of benzene rings is 1. The molecule has 0 spiro atoms. The summed E-state index contributed by atoms with van der Waals surface area (Å²) in [7, 11) is -3.27. The van der Waals surface area contributed by atoms with Crippen LogP contribution in [-0.2, 0) is 14.6 Å². The van der Waals surface area contributed by atoms with Gasteiger partial charge in [-0.1, -0.05) is 12.8 Å². The van der Waals surface area contributed by atoms with Gasteiger partial charge >= 0.3 is 0 Å². The Hall–Kier alpha value is -3.01. The van der Waals surface area contributed by atoms with Gasteiger partial charge in [-0.3, -0.25) is 4.79 Å². The van der Waals surface area contributed by atoms with Crippen molar-refractivity contribution in [3.05, 3.63) is 36.8 Å². The number of carbonyl (C=O) groups excluding carboxylic acids is 1. The maximum Gasteiger partial charge on any atom is 0.233 e. The maximum atomic E-state index is 12.7. The smallest absolute Gasteiger partial charge is 0.233 e. The van der Waals surface area contributed by atoms with Crippen LogP contribution in [0.2, 0.25) is 0 Å². The Morgan fingerprint density at radius 1 is 1.03 bits per heavy atom. The second-order valence-electron chi connectivity index (χ2n) is 8.89. The molecule has 10 heteroatoms. The fraction of sp³-hybridized carbons (Fsp3) is 0.478. The molecule has 1 amide bonds. The number of sulfone groups is 1. The number of rotatable bonds is 5. The van der Waals surface area contributed by atoms with E-state index >= 15 is 0 Å². The van der Waals surface area contributed by atoms with Gasteiger partial charge in [-0.15, -0.1) is 0 Å². The van der Waals surface area contributed by atoms with Crippen LogP contribution in [0.25, 0.3) is 11.0 Å². The highest BCUT2D eigenvalue weighted by Crippen LogP contribution is 2.32. The van der Waals surface area contributed by atoms with Crippen molar-refractivity contribution in [3.8, 4) is 11.6 Å². The molecule has 0 unspecified atom stereocenters. The van der Waals surface area contributed by atoms with E-state index < -0.39 is 9.84 Å². The maximum absolute atomic E-state index is 12.7. The van der Waals surface area contributed by atoms with Crippen molar-refractivity contribution in [3.63, 3.8) is 0 Å². The summed E-state index contributed by atoms with van der Waals surface area (Å²) in [6, 6.07) is 6.38. The van der Waals surface area contributed by atoms with Gasteiger partial charge in [-0.05, 0) is 49.9 Å². The molecule has 1 aliphatic carbocycles. The van der Waals surface area contributed by atoms with Crippen molar-refractivity contribution in [1.82, 2.24) is 24.6 Å². The van der Waals surface area contributed by atoms with Crippen LogP contribution in [0, 0.1) is 5.92 Å². The van der Waals surface area contributed by atoms with E-state index in [1.54, 1.807) is 18.3 Å². The lowest BCUT2D eigenvalue weighted by Gasteiger charge is -2.33. The van der Waals surface area contributed by atoms with Crippen molar-refractivity contribution < 1.29 is 17.9 Å². The van der Waals surface area contributed by atoms with E-state index in [9.17, 15) is 13.2 Å². The minimum atomic E-state index is -3.27. The van der Waals surface area contributed by atoms with Crippen LogP contribution < -0.4 is 4.74 Å². The van der Waals surface area contributed by atoms with Gasteiger partial charge in [0, 0.05) is 25.3 Å². The Kier molecular flexibility index (Phi) is 5.77. The third-order valence-electron chi connectivity index (χ3n) is 6.65. The predicted molar refractivity (Wildman–Crippen MR) is 122 cm³/mol. The molecule has 1 saturated heterocycles. The zero-order valence-electron chi connectivity index (χ0n) is 18.6. The monoisotopic (exact) mass is 469 g/mol. The van der Waals surface area contributed by atoms with Crippen LogP contribution in [-0.4, -0.2) is 58.3 Å². The first-order chi connectivity index (χ1) is 15.9. The number of ether oxygens (including phenoxy) is 1. The lowest BCUT2D eigenvalue weighted by atomic mass is 10.0. The number of piperidine rings is 1. The fourth-order valence-electron chi connectivity index (χ4n) is 4.82. The highest BCUT2D eigenvalue weighted by molar-refractivity contribution is 7.90. The minimum absolute atomic E-state index is 0.159. The van der Waals surface area contributed by atoms with Crippen LogP contribution in [0.1, 0.15) is 44.6 Å². The van der Waals surface area contributed by atoms with Gasteiger partial charge in [0.2, 0.25) is 11.8 Å². The Balaban J connectivity index is 1.30. The van der Waals surface area contributed by atoms with Crippen LogP contribution in [0.4, 0.5) is 0 Å². The SMILES string of the molecule is CS(=O)(=O)c1ccc(Oc2ncnc3c2cnn3C2CCN(C(=O)C3CCCC3)CC2)cc1. The molecular formula is C23H27N5O4S. The summed E-state index contributed by atoms with van der Waals surface area (Å²) < 4.78 is 31.1. The Labute approximate surface area is 192 Å². The van der Waals surface area contributed by atoms with Crippen molar-refractivity contribution in [2.24, 2.45) is 5.92 Å². The normalized spacial score (nSPS) is 18.2. The molecule has 1 aromatic carbocycles. The minimum Gasteiger partial charge on any atom is -0.438 e. The summed E-state index contributed by atoms with van der Waals surface area (Å²) >= 11 is 0. The molecule has 0 radical (unpaired) electrons. The van der Waals surface area contributed by atoms with Gasteiger partial charge in [0.05, 0.1) is 17.1 Å². The first-order valence-corrected chi connectivity index (χ1v) is 13.2. The van der Waals surface area contributed by atoms with Crippen LogP contribution in [0.5, 0.6) is 11.6 Å². The van der Waals surface area contributed by atoms with E-state index in [4.69, 9.17) is 4.74 Å². The van der Waals surface area contributed by atoms with Crippen molar-refractivity contribution in [1.29, 1.82) is 0 Å². The molecular weight excluding hydrogens is 442 g/mol. The predicted octanol–water partition coefficient (Wildman–Crippen LogP) is 3.38. The molecule has 0 atom stereocenters. The molecule has 2 aliphatic rings. The average molecular weight is 470 g/mol. The van der Waals surface area contributed by atoms with Crippen LogP contribution in [0.3, 0.4) is 0 Å². The second-order valence-corrected chi connectivity index (χ2v) is 10.9. The van der Waals surface area contributed by atoms with Crippen molar-refractivity contribution in [2.45, 2.75) is 49.5 Å². The van der Waals surface area contributed by atoms with E-state index in [0.717, 1.165) is 51.6 Å². The molecule has 5 rings (SSSR count). The van der Waals surface area contributed by atoms with E-state index in [-0.39, 0.29) is 16.9 Å². The number of aromatic nitrogens is 4. The average Bonchev–Trinajstić information content (AvgIpc) is 3.49. The zero-order valence-corrected chi connectivity index (χ0v) is 19.4. The van der Waals surface area contributed by atoms with Crippen LogP contribution >= 0.6 is 0 Å². The molecule has 2 fully saturated rings. The number of hydrogen-bond acceptors (Lipinski definition) is 7. The van der Waals surface area contributed by atoms with Crippen molar-refractivity contribution >= 4 is 26.8 Å². The molecule has 1 aliphatic heterocycles. The van der Waals surface area contributed by atoms with Gasteiger partial charge < -0.3 is 9.64 Å². The summed E-state index contributed by atoms with van der Waals surface area (Å²) in [5.74, 6) is 1.38. The molecule has 0 N–H and O–H groups in total. The number of likely N-dealkylation sites (tertiary alicyclic amines) is 1. The Morgan fingerprint density at radius 2 is 1.73 bits per heavy atom. The van der Waals surface area contributed by atoms with Gasteiger partial charge in [-0.25, -0.2) is 23.1 Å². The number of fused-ring (bicyclic) bond motifs is 1. The molecule has 0 bridgehead atoms. The summed E-state index contributed by atoms with van der Waals surface area (Å²) in [6.45, 7) is 1.48. The molecule has 174 valence electrons. The highest BCUT2D eigenvalue weighted by atomic mass is 32.2. The summed E-state index contributed by atoms with van der Waals surface area (Å²) in [4.78, 5) is 23.7. The number of amides is 1. The second kappa shape index (κ2) is 8.74. The Bertz CT molecular complexity index is 1260. The molecule has 33 heavy (non-hydrogen) atoms. The van der Waals surface area contributed by atoms with E-state index in [0.29, 0.717) is 28.6 Å². The standard InChI is InChI=1S/C23H27N5O4S/c1-33(30,31)19-8-6-18(7-9-19)32-22-20-14-26-28(21(20)24-15-25-22)17-10-12-27(13-11-17)23(29)16-4-2-3-5-16/h6-9,14-17H,2-5,10-13H2,1H3. The van der Waals surface area contributed by atoms with Gasteiger partial charge in [-0.2, -0.15) is 5.10 Å². The zero-order chi connectivity index (χ0) is 23.0. The topological polar surface area (TPSA) is 107 Å². The lowest BCUT2D eigenvalue weighted by molar-refractivity contribution is -0.136. The first kappa shape index (κ1) is 21.8. The number of nitrogens with zero attached hydrogens (tertiary/aromatic N) is 5. The van der Waals surface area contributed by atoms with Crippen molar-refractivity contribution in [2.75, 3.05) is 19.3 Å². The third-order valence-corrected chi connectivity index (χ3v) is 7.78. The third kappa shape index (κ3) is 4.44. The Morgan fingerprint density at radius 3 is 2.39 bits per heavy atom. The largest absolute Gasteiger partial charge is 0.438 e. The molecule has 3 aromatic rings. The summed E-state index contributed by atoms with van der Waals surface area (Å²) in [5.41, 5.74) is 0.688. The van der Waals surface area contributed by atoms with Gasteiger partial charge in [0.25, 0.3) is 0 Å². The molecule has 9 nitrogen and oxygen atoms in total. The number of hydrogen-bond donors (Lipinski definition) is 0. The summed E-state index contributed by atoms with van der Waals surface area (Å²) in [6.07, 6.45) is 10.4. The molecule has 2 aromatic heterocycles. The van der Waals surface area contributed by atoms with Crippen LogP contribution in [0.15, 0.2) is 41.7 Å².